The summed E-state index contributed by atoms with van der Waals surface area (Å²) in [5.74, 6) is 0.106. The van der Waals surface area contributed by atoms with Crippen molar-refractivity contribution in [2.24, 2.45) is 7.05 Å². The Hall–Kier alpha value is -3.93. The van der Waals surface area contributed by atoms with Crippen molar-refractivity contribution >= 4 is 15.8 Å². The first-order valence-corrected chi connectivity index (χ1v) is 12.4. The van der Waals surface area contributed by atoms with Gasteiger partial charge in [-0.05, 0) is 36.2 Å². The van der Waals surface area contributed by atoms with Crippen LogP contribution in [0.1, 0.15) is 29.0 Å². The lowest BCUT2D eigenvalue weighted by molar-refractivity contribution is -0.137. The highest BCUT2D eigenvalue weighted by Gasteiger charge is 2.33. The zero-order valence-electron chi connectivity index (χ0n) is 18.9. The van der Waals surface area contributed by atoms with Gasteiger partial charge in [0.2, 0.25) is 0 Å². The molecule has 1 atom stereocenters. The molecule has 0 fully saturated rings. The number of rotatable bonds is 5. The van der Waals surface area contributed by atoms with Gasteiger partial charge in [-0.25, -0.2) is 13.4 Å². The molecule has 0 bridgehead atoms. The van der Waals surface area contributed by atoms with Gasteiger partial charge in [-0.2, -0.15) is 18.3 Å². The summed E-state index contributed by atoms with van der Waals surface area (Å²) in [5.41, 5.74) is 1.54. The lowest BCUT2D eigenvalue weighted by Crippen LogP contribution is -2.19. The highest BCUT2D eigenvalue weighted by atomic mass is 32.2. The maximum Gasteiger partial charge on any atom is 0.416 e. The van der Waals surface area contributed by atoms with Crippen molar-refractivity contribution in [1.29, 1.82) is 0 Å². The largest absolute Gasteiger partial charge is 0.493 e. The fourth-order valence-corrected chi connectivity index (χ4v) is 5.31. The molecule has 0 saturated carbocycles. The van der Waals surface area contributed by atoms with Gasteiger partial charge in [0.1, 0.15) is 5.75 Å². The number of benzene rings is 2. The van der Waals surface area contributed by atoms with Crippen molar-refractivity contribution in [2.45, 2.75) is 23.4 Å². The first-order chi connectivity index (χ1) is 17.1. The van der Waals surface area contributed by atoms with E-state index in [1.807, 2.05) is 0 Å². The predicted octanol–water partition coefficient (Wildman–Crippen LogP) is 4.61. The first kappa shape index (κ1) is 23.8. The first-order valence-electron chi connectivity index (χ1n) is 10.9. The van der Waals surface area contributed by atoms with Crippen molar-refractivity contribution in [3.05, 3.63) is 83.9 Å². The fraction of sp³-hybridized carbons (Fsp3) is 0.208. The third-order valence-corrected chi connectivity index (χ3v) is 7.34. The molecule has 0 unspecified atom stereocenters. The van der Waals surface area contributed by atoms with Crippen LogP contribution in [0.3, 0.4) is 0 Å². The monoisotopic (exact) mass is 515 g/mol. The van der Waals surface area contributed by atoms with Crippen LogP contribution in [-0.2, 0) is 23.2 Å². The Morgan fingerprint density at radius 3 is 2.56 bits per heavy atom. The maximum atomic E-state index is 13.5. The topological polar surface area (TPSA) is 99.0 Å². The van der Waals surface area contributed by atoms with E-state index in [0.717, 1.165) is 12.1 Å². The highest BCUT2D eigenvalue weighted by molar-refractivity contribution is 7.92. The predicted molar refractivity (Wildman–Crippen MR) is 125 cm³/mol. The molecular weight excluding hydrogens is 495 g/mol. The van der Waals surface area contributed by atoms with Crippen LogP contribution < -0.4 is 9.46 Å². The number of aryl methyl sites for hydroxylation is 1. The smallest absolute Gasteiger partial charge is 0.416 e. The van der Waals surface area contributed by atoms with E-state index in [1.54, 1.807) is 19.2 Å². The average Bonchev–Trinajstić information content (AvgIpc) is 3.28. The Balaban J connectivity index is 1.56. The quantitative estimate of drug-likeness (QED) is 0.417. The molecule has 3 heterocycles. The molecular formula is C24H20F3N5O3S. The van der Waals surface area contributed by atoms with Crippen molar-refractivity contribution in [3.8, 4) is 17.0 Å². The van der Waals surface area contributed by atoms with E-state index in [4.69, 9.17) is 4.74 Å². The van der Waals surface area contributed by atoms with E-state index in [9.17, 15) is 21.6 Å². The van der Waals surface area contributed by atoms with Crippen molar-refractivity contribution < 1.29 is 26.3 Å². The van der Waals surface area contributed by atoms with Crippen LogP contribution >= 0.6 is 0 Å². The van der Waals surface area contributed by atoms with Gasteiger partial charge in [-0.15, -0.1) is 0 Å². The summed E-state index contributed by atoms with van der Waals surface area (Å²) >= 11 is 0. The lowest BCUT2D eigenvalue weighted by Gasteiger charge is -2.28. The molecule has 4 aromatic rings. The SMILES string of the molecule is Cn1nccc1-c1cc(C(F)(F)F)ccc1[C@@H]1CCOc2cc(S(=O)(=O)Nc3cnccn3)ccc21. The number of hydrogen-bond donors (Lipinski definition) is 1. The minimum atomic E-state index is -4.50. The van der Waals surface area contributed by atoms with E-state index in [2.05, 4.69) is 19.8 Å². The maximum absolute atomic E-state index is 13.5. The zero-order chi connectivity index (χ0) is 25.5. The summed E-state index contributed by atoms with van der Waals surface area (Å²) < 4.78 is 76.0. The van der Waals surface area contributed by atoms with Crippen LogP contribution in [0.5, 0.6) is 5.75 Å². The summed E-state index contributed by atoms with van der Waals surface area (Å²) in [4.78, 5) is 7.73. The summed E-state index contributed by atoms with van der Waals surface area (Å²) in [7, 11) is -2.30. The number of nitrogens with one attached hydrogen (secondary N) is 1. The Bertz CT molecular complexity index is 1520. The second-order valence-electron chi connectivity index (χ2n) is 8.23. The van der Waals surface area contributed by atoms with Gasteiger partial charge in [0.15, 0.2) is 5.82 Å². The highest BCUT2D eigenvalue weighted by Crippen LogP contribution is 2.44. The molecule has 0 aliphatic carbocycles. The molecule has 8 nitrogen and oxygen atoms in total. The normalized spacial score (nSPS) is 15.7. The number of hydrogen-bond acceptors (Lipinski definition) is 6. The van der Waals surface area contributed by atoms with Gasteiger partial charge in [-0.3, -0.25) is 14.4 Å². The number of ether oxygens (including phenoxy) is 1. The van der Waals surface area contributed by atoms with Crippen LogP contribution in [0, 0.1) is 0 Å². The zero-order valence-corrected chi connectivity index (χ0v) is 19.7. The van der Waals surface area contributed by atoms with Gasteiger partial charge in [0, 0.05) is 48.7 Å². The Labute approximate surface area is 204 Å². The standard InChI is InChI=1S/C24H20F3N5O3S/c1-32-21(6-8-30-32)20-12-15(24(25,26)27)2-4-17(20)18-7-11-35-22-13-16(3-5-19(18)22)36(33,34)31-23-14-28-9-10-29-23/h2-6,8-10,12-14,18H,7,11H2,1H3,(H,29,31)/t18-/m0/s1. The van der Waals surface area contributed by atoms with Crippen molar-refractivity contribution in [1.82, 2.24) is 19.7 Å². The Morgan fingerprint density at radius 1 is 1.06 bits per heavy atom. The van der Waals surface area contributed by atoms with Crippen LogP contribution in [0.2, 0.25) is 0 Å². The average molecular weight is 516 g/mol. The van der Waals surface area contributed by atoms with Gasteiger partial charge in [-0.1, -0.05) is 12.1 Å². The molecule has 0 radical (unpaired) electrons. The van der Waals surface area contributed by atoms with Gasteiger partial charge in [0.05, 0.1) is 29.0 Å². The van der Waals surface area contributed by atoms with Crippen LogP contribution in [0.25, 0.3) is 11.3 Å². The van der Waals surface area contributed by atoms with Gasteiger partial charge in [0.25, 0.3) is 10.0 Å². The third-order valence-electron chi connectivity index (χ3n) is 5.99. The molecule has 36 heavy (non-hydrogen) atoms. The van der Waals surface area contributed by atoms with E-state index >= 15 is 0 Å². The van der Waals surface area contributed by atoms with E-state index in [0.29, 0.717) is 34.6 Å². The molecule has 0 amide bonds. The summed E-state index contributed by atoms with van der Waals surface area (Å²) in [6, 6.07) is 9.81. The number of nitrogens with zero attached hydrogens (tertiary/aromatic N) is 4. The molecule has 2 aromatic heterocycles. The molecule has 2 aromatic carbocycles. The second kappa shape index (κ2) is 8.94. The number of fused-ring (bicyclic) bond motifs is 1. The number of anilines is 1. The Kier molecular flexibility index (Phi) is 5.91. The Morgan fingerprint density at radius 2 is 1.86 bits per heavy atom. The second-order valence-corrected chi connectivity index (χ2v) is 9.91. The molecule has 1 N–H and O–H groups in total. The molecule has 0 saturated heterocycles. The van der Waals surface area contributed by atoms with E-state index in [1.165, 1.54) is 47.7 Å². The minimum absolute atomic E-state index is 0.0353. The molecule has 0 spiro atoms. The van der Waals surface area contributed by atoms with E-state index in [-0.39, 0.29) is 23.2 Å². The summed E-state index contributed by atoms with van der Waals surface area (Å²) in [5, 5.41) is 4.12. The van der Waals surface area contributed by atoms with Crippen molar-refractivity contribution in [3.63, 3.8) is 0 Å². The summed E-state index contributed by atoms with van der Waals surface area (Å²) in [6.45, 7) is 0.268. The molecule has 1 aliphatic rings. The number of aromatic nitrogens is 4. The van der Waals surface area contributed by atoms with Gasteiger partial charge < -0.3 is 4.74 Å². The van der Waals surface area contributed by atoms with Gasteiger partial charge >= 0.3 is 6.18 Å². The summed E-state index contributed by atoms with van der Waals surface area (Å²) in [6.07, 6.45) is 1.60. The lowest BCUT2D eigenvalue weighted by atomic mass is 9.83. The van der Waals surface area contributed by atoms with Crippen LogP contribution in [-0.4, -0.2) is 34.8 Å². The van der Waals surface area contributed by atoms with Crippen LogP contribution in [0.15, 0.2) is 72.1 Å². The number of halogens is 3. The molecule has 12 heteroatoms. The molecule has 1 aliphatic heterocycles. The number of alkyl halides is 3. The van der Waals surface area contributed by atoms with Crippen LogP contribution in [0.4, 0.5) is 19.0 Å². The number of sulfonamides is 1. The van der Waals surface area contributed by atoms with Crippen molar-refractivity contribution in [2.75, 3.05) is 11.3 Å². The molecule has 186 valence electrons. The van der Waals surface area contributed by atoms with E-state index < -0.39 is 21.8 Å². The minimum Gasteiger partial charge on any atom is -0.493 e. The molecule has 5 rings (SSSR count). The third kappa shape index (κ3) is 4.51. The fourth-order valence-electron chi connectivity index (χ4n) is 4.30.